The molecule has 0 fully saturated rings. The van der Waals surface area contributed by atoms with Crippen LogP contribution in [0.1, 0.15) is 36.5 Å². The van der Waals surface area contributed by atoms with Gasteiger partial charge in [0.25, 0.3) is 10.0 Å². The van der Waals surface area contributed by atoms with Crippen LogP contribution in [0.2, 0.25) is 0 Å². The predicted molar refractivity (Wildman–Crippen MR) is 104 cm³/mol. The standard InChI is InChI=1S/C20H23N3O2S/c1-15(2)17-8-10-19(11-9-17)26(24,25)22-20-12-13-23(21-20)14-18-7-5-4-6-16(18)3/h4-13,15H,14H2,1-3H3,(H,21,22). The van der Waals surface area contributed by atoms with Crippen LogP contribution in [0.15, 0.2) is 65.7 Å². The highest BCUT2D eigenvalue weighted by molar-refractivity contribution is 7.92. The second-order valence-electron chi connectivity index (χ2n) is 6.65. The average Bonchev–Trinajstić information content (AvgIpc) is 3.03. The summed E-state index contributed by atoms with van der Waals surface area (Å²) in [6.07, 6.45) is 1.77. The van der Waals surface area contributed by atoms with Crippen LogP contribution in [-0.4, -0.2) is 18.2 Å². The van der Waals surface area contributed by atoms with E-state index >= 15 is 0 Å². The summed E-state index contributed by atoms with van der Waals surface area (Å²) in [6, 6.07) is 16.7. The summed E-state index contributed by atoms with van der Waals surface area (Å²) >= 11 is 0. The van der Waals surface area contributed by atoms with Crippen molar-refractivity contribution in [1.82, 2.24) is 9.78 Å². The zero-order chi connectivity index (χ0) is 18.7. The fourth-order valence-electron chi connectivity index (χ4n) is 2.69. The highest BCUT2D eigenvalue weighted by Crippen LogP contribution is 2.19. The van der Waals surface area contributed by atoms with Crippen molar-refractivity contribution < 1.29 is 8.42 Å². The second-order valence-corrected chi connectivity index (χ2v) is 8.34. The number of rotatable bonds is 6. The molecule has 136 valence electrons. The number of nitrogens with one attached hydrogen (secondary N) is 1. The van der Waals surface area contributed by atoms with Gasteiger partial charge < -0.3 is 0 Å². The molecule has 1 N–H and O–H groups in total. The fourth-order valence-corrected chi connectivity index (χ4v) is 3.69. The highest BCUT2D eigenvalue weighted by atomic mass is 32.2. The first kappa shape index (κ1) is 18.2. The summed E-state index contributed by atoms with van der Waals surface area (Å²) in [6.45, 7) is 6.78. The number of nitrogens with zero attached hydrogens (tertiary/aromatic N) is 2. The summed E-state index contributed by atoms with van der Waals surface area (Å²) in [5.41, 5.74) is 3.43. The Balaban J connectivity index is 1.74. The molecule has 0 saturated heterocycles. The third kappa shape index (κ3) is 4.14. The van der Waals surface area contributed by atoms with Crippen molar-refractivity contribution in [2.24, 2.45) is 0 Å². The van der Waals surface area contributed by atoms with Crippen LogP contribution in [0.4, 0.5) is 5.82 Å². The first-order valence-electron chi connectivity index (χ1n) is 8.56. The second kappa shape index (κ2) is 7.33. The van der Waals surface area contributed by atoms with E-state index in [4.69, 9.17) is 0 Å². The van der Waals surface area contributed by atoms with Gasteiger partial charge in [0.05, 0.1) is 11.4 Å². The van der Waals surface area contributed by atoms with Crippen LogP contribution in [-0.2, 0) is 16.6 Å². The average molecular weight is 369 g/mol. The molecule has 0 aliphatic heterocycles. The van der Waals surface area contributed by atoms with Crippen molar-refractivity contribution in [2.45, 2.75) is 38.1 Å². The summed E-state index contributed by atoms with van der Waals surface area (Å²) in [5.74, 6) is 0.670. The summed E-state index contributed by atoms with van der Waals surface area (Å²) in [5, 5.41) is 4.33. The number of hydrogen-bond acceptors (Lipinski definition) is 3. The molecule has 0 aliphatic rings. The van der Waals surface area contributed by atoms with E-state index in [0.29, 0.717) is 18.3 Å². The van der Waals surface area contributed by atoms with Crippen molar-refractivity contribution in [1.29, 1.82) is 0 Å². The molecule has 26 heavy (non-hydrogen) atoms. The van der Waals surface area contributed by atoms with Crippen LogP contribution < -0.4 is 4.72 Å². The minimum absolute atomic E-state index is 0.232. The molecule has 0 bridgehead atoms. The summed E-state index contributed by atoms with van der Waals surface area (Å²) < 4.78 is 29.4. The van der Waals surface area contributed by atoms with Gasteiger partial charge in [-0.3, -0.25) is 9.40 Å². The monoisotopic (exact) mass is 369 g/mol. The third-order valence-corrected chi connectivity index (χ3v) is 5.70. The molecule has 0 spiro atoms. The molecule has 0 aliphatic carbocycles. The van der Waals surface area contributed by atoms with Gasteiger partial charge in [0.1, 0.15) is 0 Å². The van der Waals surface area contributed by atoms with E-state index in [9.17, 15) is 8.42 Å². The zero-order valence-corrected chi connectivity index (χ0v) is 16.0. The van der Waals surface area contributed by atoms with Gasteiger partial charge in [0.15, 0.2) is 5.82 Å². The lowest BCUT2D eigenvalue weighted by Crippen LogP contribution is -2.14. The lowest BCUT2D eigenvalue weighted by molar-refractivity contribution is 0.600. The fraction of sp³-hybridized carbons (Fsp3) is 0.250. The maximum atomic E-state index is 12.5. The Morgan fingerprint density at radius 1 is 1.04 bits per heavy atom. The topological polar surface area (TPSA) is 64.0 Å². The van der Waals surface area contributed by atoms with E-state index in [-0.39, 0.29) is 4.90 Å². The molecule has 6 heteroatoms. The highest BCUT2D eigenvalue weighted by Gasteiger charge is 2.16. The molecule has 1 heterocycles. The number of aryl methyl sites for hydroxylation is 1. The Kier molecular flexibility index (Phi) is 5.13. The van der Waals surface area contributed by atoms with Crippen molar-refractivity contribution in [3.8, 4) is 0 Å². The maximum absolute atomic E-state index is 12.5. The van der Waals surface area contributed by atoms with E-state index < -0.39 is 10.0 Å². The molecular weight excluding hydrogens is 346 g/mol. The van der Waals surface area contributed by atoms with Crippen molar-refractivity contribution in [2.75, 3.05) is 4.72 Å². The predicted octanol–water partition coefficient (Wildman–Crippen LogP) is 4.16. The number of aromatic nitrogens is 2. The van der Waals surface area contributed by atoms with Crippen LogP contribution >= 0.6 is 0 Å². The number of benzene rings is 2. The molecule has 0 amide bonds. The van der Waals surface area contributed by atoms with Crippen molar-refractivity contribution in [3.05, 3.63) is 77.5 Å². The molecule has 5 nitrogen and oxygen atoms in total. The Hall–Kier alpha value is -2.60. The lowest BCUT2D eigenvalue weighted by atomic mass is 10.0. The van der Waals surface area contributed by atoms with Gasteiger partial charge in [-0.25, -0.2) is 8.42 Å². The van der Waals surface area contributed by atoms with Gasteiger partial charge in [-0.05, 0) is 41.7 Å². The zero-order valence-electron chi connectivity index (χ0n) is 15.2. The van der Waals surface area contributed by atoms with Gasteiger partial charge in [0, 0.05) is 12.3 Å². The SMILES string of the molecule is Cc1ccccc1Cn1ccc(NS(=O)(=O)c2ccc(C(C)C)cc2)n1. The maximum Gasteiger partial charge on any atom is 0.263 e. The molecule has 2 aromatic carbocycles. The van der Waals surface area contributed by atoms with E-state index in [1.165, 1.54) is 5.56 Å². The molecular formula is C20H23N3O2S. The van der Waals surface area contributed by atoms with E-state index in [1.807, 2.05) is 43.3 Å². The van der Waals surface area contributed by atoms with E-state index in [1.54, 1.807) is 29.1 Å². The molecule has 3 aromatic rings. The van der Waals surface area contributed by atoms with Crippen LogP contribution in [0.5, 0.6) is 0 Å². The minimum Gasteiger partial charge on any atom is -0.266 e. The molecule has 0 radical (unpaired) electrons. The van der Waals surface area contributed by atoms with Crippen LogP contribution in [0, 0.1) is 6.92 Å². The van der Waals surface area contributed by atoms with Crippen molar-refractivity contribution >= 4 is 15.8 Å². The first-order chi connectivity index (χ1) is 12.3. The quantitative estimate of drug-likeness (QED) is 0.709. The minimum atomic E-state index is -3.65. The van der Waals surface area contributed by atoms with E-state index in [2.05, 4.69) is 23.7 Å². The molecule has 0 saturated carbocycles. The lowest BCUT2D eigenvalue weighted by Gasteiger charge is -2.09. The van der Waals surface area contributed by atoms with E-state index in [0.717, 1.165) is 11.1 Å². The molecule has 3 rings (SSSR count). The first-order valence-corrected chi connectivity index (χ1v) is 10.0. The Labute approximate surface area is 154 Å². The molecule has 0 unspecified atom stereocenters. The molecule has 0 atom stereocenters. The number of hydrogen-bond donors (Lipinski definition) is 1. The van der Waals surface area contributed by atoms with Gasteiger partial charge >= 0.3 is 0 Å². The Morgan fingerprint density at radius 3 is 2.38 bits per heavy atom. The van der Waals surface area contributed by atoms with Crippen LogP contribution in [0.3, 0.4) is 0 Å². The Morgan fingerprint density at radius 2 is 1.73 bits per heavy atom. The van der Waals surface area contributed by atoms with Crippen molar-refractivity contribution in [3.63, 3.8) is 0 Å². The number of anilines is 1. The smallest absolute Gasteiger partial charge is 0.263 e. The largest absolute Gasteiger partial charge is 0.266 e. The third-order valence-electron chi connectivity index (χ3n) is 4.33. The normalized spacial score (nSPS) is 11.7. The summed E-state index contributed by atoms with van der Waals surface area (Å²) in [7, 11) is -3.65. The van der Waals surface area contributed by atoms with Gasteiger partial charge in [0.2, 0.25) is 0 Å². The summed E-state index contributed by atoms with van der Waals surface area (Å²) in [4.78, 5) is 0.232. The van der Waals surface area contributed by atoms with Crippen LogP contribution in [0.25, 0.3) is 0 Å². The Bertz CT molecular complexity index is 990. The molecule has 1 aromatic heterocycles. The van der Waals surface area contributed by atoms with Gasteiger partial charge in [-0.1, -0.05) is 50.2 Å². The number of sulfonamides is 1. The van der Waals surface area contributed by atoms with Gasteiger partial charge in [-0.15, -0.1) is 0 Å². The van der Waals surface area contributed by atoms with Gasteiger partial charge in [-0.2, -0.15) is 5.10 Å².